The summed E-state index contributed by atoms with van der Waals surface area (Å²) in [4.78, 5) is 14.4. The zero-order valence-corrected chi connectivity index (χ0v) is 7.90. The molecule has 4 heteroatoms. The van der Waals surface area contributed by atoms with Crippen molar-refractivity contribution >= 4 is 5.97 Å². The molecule has 3 nitrogen and oxygen atoms in total. The standard InChI is InChI=1S/C10H12FNO2/c1-2-3-8(10(13)14)7-4-5-12-6-9(7)11/h4-6,8H,2-3H2,1H3,(H,13,14). The van der Waals surface area contributed by atoms with Crippen LogP contribution in [0, 0.1) is 5.82 Å². The molecule has 0 aromatic carbocycles. The summed E-state index contributed by atoms with van der Waals surface area (Å²) in [5.41, 5.74) is 0.217. The lowest BCUT2D eigenvalue weighted by molar-refractivity contribution is -0.139. The van der Waals surface area contributed by atoms with E-state index < -0.39 is 17.7 Å². The van der Waals surface area contributed by atoms with E-state index in [0.29, 0.717) is 12.8 Å². The van der Waals surface area contributed by atoms with Crippen molar-refractivity contribution in [2.75, 3.05) is 0 Å². The van der Waals surface area contributed by atoms with Crippen LogP contribution in [-0.2, 0) is 4.79 Å². The molecule has 0 aliphatic heterocycles. The number of hydrogen-bond donors (Lipinski definition) is 1. The van der Waals surface area contributed by atoms with E-state index in [9.17, 15) is 9.18 Å². The predicted octanol–water partition coefficient (Wildman–Crippen LogP) is 2.19. The number of hydrogen-bond acceptors (Lipinski definition) is 2. The van der Waals surface area contributed by atoms with Crippen molar-refractivity contribution in [1.29, 1.82) is 0 Å². The second-order valence-corrected chi connectivity index (χ2v) is 3.08. The van der Waals surface area contributed by atoms with Gasteiger partial charge in [0.15, 0.2) is 0 Å². The first-order valence-electron chi connectivity index (χ1n) is 4.49. The number of nitrogens with zero attached hydrogens (tertiary/aromatic N) is 1. The fourth-order valence-corrected chi connectivity index (χ4v) is 1.37. The lowest BCUT2D eigenvalue weighted by Crippen LogP contribution is -2.13. The van der Waals surface area contributed by atoms with Crippen LogP contribution in [0.5, 0.6) is 0 Å². The van der Waals surface area contributed by atoms with Crippen molar-refractivity contribution in [3.63, 3.8) is 0 Å². The second-order valence-electron chi connectivity index (χ2n) is 3.08. The van der Waals surface area contributed by atoms with Crippen molar-refractivity contribution < 1.29 is 14.3 Å². The minimum Gasteiger partial charge on any atom is -0.481 e. The van der Waals surface area contributed by atoms with E-state index in [1.165, 1.54) is 12.3 Å². The molecule has 1 heterocycles. The first kappa shape index (κ1) is 10.6. The van der Waals surface area contributed by atoms with Crippen LogP contribution in [0.15, 0.2) is 18.5 Å². The molecule has 1 aromatic heterocycles. The zero-order valence-electron chi connectivity index (χ0n) is 7.90. The van der Waals surface area contributed by atoms with Gasteiger partial charge in [0.05, 0.1) is 12.1 Å². The molecular weight excluding hydrogens is 185 g/mol. The van der Waals surface area contributed by atoms with Gasteiger partial charge in [0.2, 0.25) is 0 Å². The average Bonchev–Trinajstić information content (AvgIpc) is 2.15. The molecule has 0 spiro atoms. The number of carboxylic acids is 1. The molecule has 1 atom stereocenters. The highest BCUT2D eigenvalue weighted by Crippen LogP contribution is 2.23. The minimum absolute atomic E-state index is 0.217. The molecule has 0 saturated heterocycles. The van der Waals surface area contributed by atoms with E-state index in [1.807, 2.05) is 6.92 Å². The molecule has 0 radical (unpaired) electrons. The normalized spacial score (nSPS) is 12.4. The summed E-state index contributed by atoms with van der Waals surface area (Å²) in [5, 5.41) is 8.90. The fraction of sp³-hybridized carbons (Fsp3) is 0.400. The SMILES string of the molecule is CCCC(C(=O)O)c1ccncc1F. The Morgan fingerprint density at radius 2 is 2.43 bits per heavy atom. The van der Waals surface area contributed by atoms with Crippen LogP contribution in [0.3, 0.4) is 0 Å². The van der Waals surface area contributed by atoms with Crippen molar-refractivity contribution in [2.24, 2.45) is 0 Å². The van der Waals surface area contributed by atoms with Crippen LogP contribution in [0.4, 0.5) is 4.39 Å². The van der Waals surface area contributed by atoms with Crippen LogP contribution in [0.2, 0.25) is 0 Å². The molecule has 0 fully saturated rings. The van der Waals surface area contributed by atoms with Gasteiger partial charge in [-0.05, 0) is 12.5 Å². The van der Waals surface area contributed by atoms with Gasteiger partial charge >= 0.3 is 5.97 Å². The highest BCUT2D eigenvalue weighted by Gasteiger charge is 2.21. The molecule has 1 unspecified atom stereocenters. The Morgan fingerprint density at radius 3 is 2.93 bits per heavy atom. The van der Waals surface area contributed by atoms with Crippen molar-refractivity contribution in [3.8, 4) is 0 Å². The van der Waals surface area contributed by atoms with E-state index >= 15 is 0 Å². The Morgan fingerprint density at radius 1 is 1.71 bits per heavy atom. The van der Waals surface area contributed by atoms with Gasteiger partial charge in [0, 0.05) is 11.8 Å². The number of rotatable bonds is 4. The fourth-order valence-electron chi connectivity index (χ4n) is 1.37. The van der Waals surface area contributed by atoms with Gasteiger partial charge in [-0.15, -0.1) is 0 Å². The number of halogens is 1. The largest absolute Gasteiger partial charge is 0.481 e. The minimum atomic E-state index is -0.989. The molecule has 14 heavy (non-hydrogen) atoms. The van der Waals surface area contributed by atoms with E-state index in [1.54, 1.807) is 0 Å². The third kappa shape index (κ3) is 2.28. The maximum Gasteiger partial charge on any atom is 0.311 e. The Hall–Kier alpha value is -1.45. The van der Waals surface area contributed by atoms with Crippen LogP contribution in [-0.4, -0.2) is 16.1 Å². The quantitative estimate of drug-likeness (QED) is 0.804. The summed E-state index contributed by atoms with van der Waals surface area (Å²) in [7, 11) is 0. The molecule has 0 amide bonds. The Labute approximate surface area is 81.6 Å². The van der Waals surface area contributed by atoms with Gasteiger partial charge in [-0.25, -0.2) is 4.39 Å². The van der Waals surface area contributed by atoms with E-state index in [2.05, 4.69) is 4.98 Å². The molecular formula is C10H12FNO2. The molecule has 0 saturated carbocycles. The molecule has 0 aliphatic rings. The van der Waals surface area contributed by atoms with Gasteiger partial charge in [-0.3, -0.25) is 9.78 Å². The first-order valence-corrected chi connectivity index (χ1v) is 4.49. The Kier molecular flexibility index (Phi) is 3.56. The maximum absolute atomic E-state index is 13.2. The highest BCUT2D eigenvalue weighted by atomic mass is 19.1. The zero-order chi connectivity index (χ0) is 10.6. The van der Waals surface area contributed by atoms with E-state index in [-0.39, 0.29) is 5.56 Å². The van der Waals surface area contributed by atoms with Gasteiger partial charge in [0.1, 0.15) is 5.82 Å². The van der Waals surface area contributed by atoms with E-state index in [0.717, 1.165) is 6.20 Å². The summed E-state index contributed by atoms with van der Waals surface area (Å²) >= 11 is 0. The van der Waals surface area contributed by atoms with Crippen LogP contribution < -0.4 is 0 Å². The number of carbonyl (C=O) groups is 1. The van der Waals surface area contributed by atoms with E-state index in [4.69, 9.17) is 5.11 Å². The summed E-state index contributed by atoms with van der Waals surface area (Å²) in [5.74, 6) is -2.30. The van der Waals surface area contributed by atoms with Crippen LogP contribution in [0.1, 0.15) is 31.2 Å². The number of aliphatic carboxylic acids is 1. The van der Waals surface area contributed by atoms with Gasteiger partial charge in [-0.2, -0.15) is 0 Å². The predicted molar refractivity (Wildman–Crippen MR) is 49.5 cm³/mol. The maximum atomic E-state index is 13.2. The number of aromatic nitrogens is 1. The molecule has 0 aliphatic carbocycles. The topological polar surface area (TPSA) is 50.2 Å². The summed E-state index contributed by atoms with van der Waals surface area (Å²) < 4.78 is 13.2. The van der Waals surface area contributed by atoms with Crippen LogP contribution in [0.25, 0.3) is 0 Å². The molecule has 0 bridgehead atoms. The third-order valence-corrected chi connectivity index (χ3v) is 2.05. The van der Waals surface area contributed by atoms with Gasteiger partial charge in [-0.1, -0.05) is 13.3 Å². The summed E-state index contributed by atoms with van der Waals surface area (Å²) in [6.45, 7) is 1.87. The molecule has 1 aromatic rings. The Bertz CT molecular complexity index is 328. The first-order chi connectivity index (χ1) is 6.66. The number of carboxylic acid groups (broad SMARTS) is 1. The van der Waals surface area contributed by atoms with Crippen molar-refractivity contribution in [2.45, 2.75) is 25.7 Å². The lowest BCUT2D eigenvalue weighted by atomic mass is 9.95. The van der Waals surface area contributed by atoms with Crippen LogP contribution >= 0.6 is 0 Å². The lowest BCUT2D eigenvalue weighted by Gasteiger charge is -2.11. The second kappa shape index (κ2) is 4.69. The van der Waals surface area contributed by atoms with Crippen molar-refractivity contribution in [1.82, 2.24) is 4.98 Å². The van der Waals surface area contributed by atoms with Gasteiger partial charge in [0.25, 0.3) is 0 Å². The summed E-state index contributed by atoms with van der Waals surface area (Å²) in [6, 6.07) is 1.42. The average molecular weight is 197 g/mol. The summed E-state index contributed by atoms with van der Waals surface area (Å²) in [6.07, 6.45) is 3.60. The monoisotopic (exact) mass is 197 g/mol. The van der Waals surface area contributed by atoms with Gasteiger partial charge < -0.3 is 5.11 Å². The Balaban J connectivity index is 2.99. The smallest absolute Gasteiger partial charge is 0.311 e. The molecule has 1 rings (SSSR count). The molecule has 76 valence electrons. The van der Waals surface area contributed by atoms with Crippen molar-refractivity contribution in [3.05, 3.63) is 29.8 Å². The third-order valence-electron chi connectivity index (χ3n) is 2.05. The number of pyridine rings is 1. The highest BCUT2D eigenvalue weighted by molar-refractivity contribution is 5.76. The molecule has 1 N–H and O–H groups in total.